The normalized spacial score (nSPS) is 11.8. The Hall–Kier alpha value is -2.50. The van der Waals surface area contributed by atoms with E-state index in [1.54, 1.807) is 18.0 Å². The first-order chi connectivity index (χ1) is 10.1. The molecule has 112 valence electrons. The van der Waals surface area contributed by atoms with Crippen LogP contribution in [0.15, 0.2) is 36.5 Å². The number of nitrogens with one attached hydrogen (secondary N) is 2. The molecule has 0 unspecified atom stereocenters. The van der Waals surface area contributed by atoms with Gasteiger partial charge in [-0.15, -0.1) is 0 Å². The van der Waals surface area contributed by atoms with E-state index >= 15 is 0 Å². The quantitative estimate of drug-likeness (QED) is 0.855. The zero-order valence-electron chi connectivity index (χ0n) is 12.5. The second kappa shape index (κ2) is 6.78. The first-order valence-corrected chi connectivity index (χ1v) is 6.77. The monoisotopic (exact) mass is 288 g/mol. The van der Waals surface area contributed by atoms with Gasteiger partial charge in [0.1, 0.15) is 11.6 Å². The molecule has 1 amide bonds. The molecule has 2 N–H and O–H groups in total. The largest absolute Gasteiger partial charge is 0.495 e. The number of anilines is 2. The van der Waals surface area contributed by atoms with Crippen molar-refractivity contribution in [3.05, 3.63) is 36.5 Å². The molecule has 0 bridgehead atoms. The summed E-state index contributed by atoms with van der Waals surface area (Å²) < 4.78 is 6.94. The molecule has 6 nitrogen and oxygen atoms in total. The van der Waals surface area contributed by atoms with Crippen molar-refractivity contribution in [3.63, 3.8) is 0 Å². The zero-order valence-corrected chi connectivity index (χ0v) is 12.5. The van der Waals surface area contributed by atoms with Crippen molar-refractivity contribution in [1.82, 2.24) is 9.78 Å². The third-order valence-electron chi connectivity index (χ3n) is 3.09. The molecule has 0 saturated heterocycles. The van der Waals surface area contributed by atoms with Crippen molar-refractivity contribution in [1.29, 1.82) is 0 Å². The highest BCUT2D eigenvalue weighted by molar-refractivity contribution is 5.92. The van der Waals surface area contributed by atoms with E-state index in [1.165, 1.54) is 0 Å². The number of aryl methyl sites for hydroxylation is 1. The maximum atomic E-state index is 12.1. The molecular formula is C15H20N4O2. The molecule has 0 fully saturated rings. The molecule has 2 aromatic rings. The minimum Gasteiger partial charge on any atom is -0.495 e. The average molecular weight is 288 g/mol. The molecule has 1 aromatic heterocycles. The van der Waals surface area contributed by atoms with Gasteiger partial charge in [-0.2, -0.15) is 5.10 Å². The van der Waals surface area contributed by atoms with Crippen molar-refractivity contribution >= 4 is 17.4 Å². The molecule has 0 aliphatic heterocycles. The predicted octanol–water partition coefficient (Wildman–Crippen LogP) is 2.26. The number of nitrogens with zero attached hydrogens (tertiary/aromatic N) is 2. The summed E-state index contributed by atoms with van der Waals surface area (Å²) in [5.41, 5.74) is 0.678. The van der Waals surface area contributed by atoms with Crippen molar-refractivity contribution in [3.8, 4) is 5.75 Å². The van der Waals surface area contributed by atoms with Gasteiger partial charge in [0, 0.05) is 25.6 Å². The Balaban J connectivity index is 1.91. The Morgan fingerprint density at radius 3 is 2.81 bits per heavy atom. The first kappa shape index (κ1) is 14.9. The van der Waals surface area contributed by atoms with Gasteiger partial charge < -0.3 is 15.4 Å². The number of rotatable bonds is 6. The second-order valence-electron chi connectivity index (χ2n) is 4.84. The van der Waals surface area contributed by atoms with E-state index in [2.05, 4.69) is 15.7 Å². The lowest BCUT2D eigenvalue weighted by atomic mass is 10.2. The fourth-order valence-electron chi connectivity index (χ4n) is 2.05. The number of benzene rings is 1. The maximum Gasteiger partial charge on any atom is 0.226 e. The molecule has 0 spiro atoms. The van der Waals surface area contributed by atoms with E-state index in [1.807, 2.05) is 44.3 Å². The van der Waals surface area contributed by atoms with Crippen LogP contribution in [-0.2, 0) is 11.8 Å². The third kappa shape index (κ3) is 3.98. The lowest BCUT2D eigenvalue weighted by molar-refractivity contribution is -0.116. The summed E-state index contributed by atoms with van der Waals surface area (Å²) in [4.78, 5) is 12.1. The van der Waals surface area contributed by atoms with Crippen LogP contribution in [0.5, 0.6) is 5.75 Å². The number of methoxy groups -OCH3 is 1. The van der Waals surface area contributed by atoms with Crippen LogP contribution in [0.3, 0.4) is 0 Å². The van der Waals surface area contributed by atoms with Gasteiger partial charge in [0.15, 0.2) is 0 Å². The highest BCUT2D eigenvalue weighted by atomic mass is 16.5. The van der Waals surface area contributed by atoms with Gasteiger partial charge in [0.05, 0.1) is 19.0 Å². The van der Waals surface area contributed by atoms with E-state index in [-0.39, 0.29) is 11.9 Å². The minimum atomic E-state index is -0.0679. The Kier molecular flexibility index (Phi) is 4.81. The maximum absolute atomic E-state index is 12.1. The topological polar surface area (TPSA) is 68.2 Å². The summed E-state index contributed by atoms with van der Waals surface area (Å²) in [6.07, 6.45) is 2.06. The van der Waals surface area contributed by atoms with E-state index in [9.17, 15) is 4.79 Å². The Morgan fingerprint density at radius 2 is 2.14 bits per heavy atom. The van der Waals surface area contributed by atoms with E-state index < -0.39 is 0 Å². The molecule has 0 aliphatic carbocycles. The predicted molar refractivity (Wildman–Crippen MR) is 82.5 cm³/mol. The number of carbonyl (C=O) groups excluding carboxylic acids is 1. The number of hydrogen-bond donors (Lipinski definition) is 2. The number of para-hydroxylation sites is 2. The van der Waals surface area contributed by atoms with Crippen LogP contribution in [0.25, 0.3) is 0 Å². The van der Waals surface area contributed by atoms with Gasteiger partial charge >= 0.3 is 0 Å². The SMILES string of the molecule is COc1ccccc1NC(=O)C[C@H](C)Nc1ccnn1C. The van der Waals surface area contributed by atoms with Crippen molar-refractivity contribution in [2.75, 3.05) is 17.7 Å². The fourth-order valence-corrected chi connectivity index (χ4v) is 2.05. The summed E-state index contributed by atoms with van der Waals surface area (Å²) >= 11 is 0. The lowest BCUT2D eigenvalue weighted by Gasteiger charge is -2.15. The van der Waals surface area contributed by atoms with Crippen molar-refractivity contribution in [2.24, 2.45) is 7.05 Å². The molecule has 2 rings (SSSR count). The average Bonchev–Trinajstić information content (AvgIpc) is 2.84. The molecule has 1 heterocycles. The van der Waals surface area contributed by atoms with Crippen LogP contribution >= 0.6 is 0 Å². The number of hydrogen-bond acceptors (Lipinski definition) is 4. The van der Waals surface area contributed by atoms with Crippen LogP contribution in [-0.4, -0.2) is 28.8 Å². The third-order valence-corrected chi connectivity index (χ3v) is 3.09. The highest BCUT2D eigenvalue weighted by Crippen LogP contribution is 2.23. The van der Waals surface area contributed by atoms with Crippen LogP contribution in [0.1, 0.15) is 13.3 Å². The van der Waals surface area contributed by atoms with Crippen LogP contribution < -0.4 is 15.4 Å². The van der Waals surface area contributed by atoms with Gasteiger partial charge in [-0.1, -0.05) is 12.1 Å². The Morgan fingerprint density at radius 1 is 1.38 bits per heavy atom. The summed E-state index contributed by atoms with van der Waals surface area (Å²) in [7, 11) is 3.43. The Bertz CT molecular complexity index is 609. The number of ether oxygens (including phenoxy) is 1. The lowest BCUT2D eigenvalue weighted by Crippen LogP contribution is -2.24. The Labute approximate surface area is 124 Å². The van der Waals surface area contributed by atoms with Crippen molar-refractivity contribution in [2.45, 2.75) is 19.4 Å². The standard InChI is InChI=1S/C15H20N4O2/c1-11(17-14-8-9-16-19(14)2)10-15(20)18-12-6-4-5-7-13(12)21-3/h4-9,11,17H,10H2,1-3H3,(H,18,20)/t11-/m0/s1. The van der Waals surface area contributed by atoms with Gasteiger partial charge in [-0.25, -0.2) is 0 Å². The summed E-state index contributed by atoms with van der Waals surface area (Å²) in [6.45, 7) is 1.95. The molecule has 0 radical (unpaired) electrons. The molecule has 6 heteroatoms. The van der Waals surface area contributed by atoms with E-state index in [0.29, 0.717) is 17.9 Å². The van der Waals surface area contributed by atoms with Crippen LogP contribution in [0, 0.1) is 0 Å². The van der Waals surface area contributed by atoms with Crippen molar-refractivity contribution < 1.29 is 9.53 Å². The zero-order chi connectivity index (χ0) is 15.2. The molecule has 0 aliphatic rings. The van der Waals surface area contributed by atoms with Crippen LogP contribution in [0.2, 0.25) is 0 Å². The molecule has 21 heavy (non-hydrogen) atoms. The number of aromatic nitrogens is 2. The van der Waals surface area contributed by atoms with E-state index in [4.69, 9.17) is 4.74 Å². The molecule has 0 saturated carbocycles. The van der Waals surface area contributed by atoms with E-state index in [0.717, 1.165) is 5.82 Å². The van der Waals surface area contributed by atoms with Gasteiger partial charge in [-0.3, -0.25) is 9.48 Å². The summed E-state index contributed by atoms with van der Waals surface area (Å²) in [5.74, 6) is 1.47. The number of carbonyl (C=O) groups is 1. The molecular weight excluding hydrogens is 268 g/mol. The molecule has 1 aromatic carbocycles. The summed E-state index contributed by atoms with van der Waals surface area (Å²) in [5, 5.41) is 10.2. The van der Waals surface area contributed by atoms with Gasteiger partial charge in [-0.05, 0) is 19.1 Å². The van der Waals surface area contributed by atoms with Crippen LogP contribution in [0.4, 0.5) is 11.5 Å². The highest BCUT2D eigenvalue weighted by Gasteiger charge is 2.12. The second-order valence-corrected chi connectivity index (χ2v) is 4.84. The minimum absolute atomic E-state index is 0.00453. The summed E-state index contributed by atoms with van der Waals surface area (Å²) in [6, 6.07) is 9.21. The fraction of sp³-hybridized carbons (Fsp3) is 0.333. The van der Waals surface area contributed by atoms with Gasteiger partial charge in [0.2, 0.25) is 5.91 Å². The number of amides is 1. The van der Waals surface area contributed by atoms with Gasteiger partial charge in [0.25, 0.3) is 0 Å². The molecule has 1 atom stereocenters. The smallest absolute Gasteiger partial charge is 0.226 e. The first-order valence-electron chi connectivity index (χ1n) is 6.77.